The van der Waals surface area contributed by atoms with Crippen LogP contribution in [0, 0.1) is 5.92 Å². The first kappa shape index (κ1) is 8.91. The third-order valence-corrected chi connectivity index (χ3v) is 2.96. The molecule has 0 aliphatic carbocycles. The summed E-state index contributed by atoms with van der Waals surface area (Å²) in [5.74, 6) is 1.42. The predicted octanol–water partition coefficient (Wildman–Crippen LogP) is -0.182. The van der Waals surface area contributed by atoms with Gasteiger partial charge < -0.3 is 15.0 Å². The number of morpholine rings is 1. The largest absolute Gasteiger partial charge is 0.378 e. The van der Waals surface area contributed by atoms with Crippen LogP contribution in [-0.4, -0.2) is 49.5 Å². The Bertz CT molecular complexity index is 330. The van der Waals surface area contributed by atoms with E-state index >= 15 is 0 Å². The number of nitrogens with one attached hydrogen (secondary N) is 1. The lowest BCUT2D eigenvalue weighted by atomic mass is 10.1. The van der Waals surface area contributed by atoms with E-state index in [1.165, 1.54) is 0 Å². The van der Waals surface area contributed by atoms with Crippen molar-refractivity contribution >= 4 is 12.2 Å². The molecule has 0 saturated carbocycles. The Balaban J connectivity index is 1.81. The Morgan fingerprint density at radius 1 is 1.40 bits per heavy atom. The van der Waals surface area contributed by atoms with Crippen molar-refractivity contribution in [2.24, 2.45) is 15.9 Å². The summed E-state index contributed by atoms with van der Waals surface area (Å²) in [6, 6.07) is 0. The fourth-order valence-corrected chi connectivity index (χ4v) is 2.17. The Labute approximate surface area is 88.5 Å². The fourth-order valence-electron chi connectivity index (χ4n) is 2.17. The molecular formula is C10H14N4O. The Kier molecular flexibility index (Phi) is 2.17. The molecule has 0 radical (unpaired) electrons. The first-order chi connectivity index (χ1) is 7.45. The molecule has 2 atom stereocenters. The average molecular weight is 206 g/mol. The van der Waals surface area contributed by atoms with Crippen LogP contribution in [0.2, 0.25) is 0 Å². The van der Waals surface area contributed by atoms with Crippen LogP contribution in [-0.2, 0) is 4.74 Å². The lowest BCUT2D eigenvalue weighted by Crippen LogP contribution is -2.47. The lowest BCUT2D eigenvalue weighted by molar-refractivity contribution is 0.0661. The summed E-state index contributed by atoms with van der Waals surface area (Å²) in [6.07, 6.45) is 5.91. The van der Waals surface area contributed by atoms with E-state index in [1.54, 1.807) is 6.34 Å². The second-order valence-electron chi connectivity index (χ2n) is 3.85. The zero-order valence-electron chi connectivity index (χ0n) is 8.47. The minimum Gasteiger partial charge on any atom is -0.378 e. The zero-order chi connectivity index (χ0) is 10.1. The van der Waals surface area contributed by atoms with Crippen molar-refractivity contribution in [1.82, 2.24) is 10.2 Å². The molecular weight excluding hydrogens is 192 g/mol. The minimum absolute atomic E-state index is 0.153. The highest BCUT2D eigenvalue weighted by Crippen LogP contribution is 2.20. The highest BCUT2D eigenvalue weighted by molar-refractivity contribution is 5.94. The molecule has 0 aromatic heterocycles. The van der Waals surface area contributed by atoms with Gasteiger partial charge in [-0.15, -0.1) is 0 Å². The fraction of sp³-hybridized carbons (Fsp3) is 0.600. The maximum Gasteiger partial charge on any atom is 0.133 e. The molecule has 1 fully saturated rings. The van der Waals surface area contributed by atoms with Gasteiger partial charge in [0.25, 0.3) is 0 Å². The molecule has 0 bridgehead atoms. The number of nitrogens with zero attached hydrogens (tertiary/aromatic N) is 3. The average Bonchev–Trinajstić information content (AvgIpc) is 2.78. The Hall–Kier alpha value is -1.36. The lowest BCUT2D eigenvalue weighted by Gasteiger charge is -2.34. The van der Waals surface area contributed by atoms with Crippen molar-refractivity contribution in [2.45, 2.75) is 6.17 Å². The van der Waals surface area contributed by atoms with Gasteiger partial charge in [0, 0.05) is 13.1 Å². The van der Waals surface area contributed by atoms with Gasteiger partial charge in [-0.25, -0.2) is 9.98 Å². The predicted molar refractivity (Wildman–Crippen MR) is 57.9 cm³/mol. The summed E-state index contributed by atoms with van der Waals surface area (Å²) >= 11 is 0. The summed E-state index contributed by atoms with van der Waals surface area (Å²) in [5, 5.41) is 3.21. The van der Waals surface area contributed by atoms with Crippen molar-refractivity contribution in [3.8, 4) is 0 Å². The number of hydrogen-bond acceptors (Lipinski definition) is 5. The molecule has 1 N–H and O–H groups in total. The van der Waals surface area contributed by atoms with Crippen molar-refractivity contribution in [2.75, 3.05) is 26.3 Å². The summed E-state index contributed by atoms with van der Waals surface area (Å²) in [5.41, 5.74) is 0. The van der Waals surface area contributed by atoms with E-state index in [0.29, 0.717) is 5.92 Å². The van der Waals surface area contributed by atoms with Crippen molar-refractivity contribution in [3.05, 3.63) is 12.3 Å². The van der Waals surface area contributed by atoms with E-state index in [4.69, 9.17) is 4.74 Å². The molecule has 3 aliphatic heterocycles. The van der Waals surface area contributed by atoms with Gasteiger partial charge in [0.15, 0.2) is 0 Å². The van der Waals surface area contributed by atoms with Crippen LogP contribution in [0.1, 0.15) is 0 Å². The standard InChI is InChI=1S/C10H14N4O/c1-2-11-9-8(1)10(13-7-12-9)14-3-5-15-6-4-14/h1-2,7-9,11H,3-6H2. The number of hydrogen-bond donors (Lipinski definition) is 1. The van der Waals surface area contributed by atoms with Crippen molar-refractivity contribution < 1.29 is 4.74 Å². The van der Waals surface area contributed by atoms with Gasteiger partial charge in [0.2, 0.25) is 0 Å². The van der Waals surface area contributed by atoms with Crippen LogP contribution in [0.15, 0.2) is 22.3 Å². The molecule has 0 spiro atoms. The second kappa shape index (κ2) is 3.66. The highest BCUT2D eigenvalue weighted by Gasteiger charge is 2.32. The zero-order valence-corrected chi connectivity index (χ0v) is 8.47. The van der Waals surface area contributed by atoms with Gasteiger partial charge >= 0.3 is 0 Å². The van der Waals surface area contributed by atoms with E-state index in [2.05, 4.69) is 26.3 Å². The van der Waals surface area contributed by atoms with Crippen LogP contribution in [0.25, 0.3) is 0 Å². The van der Waals surface area contributed by atoms with E-state index in [0.717, 1.165) is 32.1 Å². The molecule has 3 rings (SSSR count). The quantitative estimate of drug-likeness (QED) is 0.598. The molecule has 80 valence electrons. The van der Waals surface area contributed by atoms with Gasteiger partial charge in [-0.2, -0.15) is 0 Å². The Morgan fingerprint density at radius 2 is 2.27 bits per heavy atom. The topological polar surface area (TPSA) is 49.2 Å². The van der Waals surface area contributed by atoms with E-state index < -0.39 is 0 Å². The van der Waals surface area contributed by atoms with Gasteiger partial charge in [0.1, 0.15) is 18.3 Å². The molecule has 5 heteroatoms. The van der Waals surface area contributed by atoms with Crippen LogP contribution in [0.5, 0.6) is 0 Å². The number of rotatable bonds is 0. The SMILES string of the molecule is C1=CC2C(N3CCOCC3)=NC=NC2N1. The molecule has 3 heterocycles. The first-order valence-electron chi connectivity index (χ1n) is 5.30. The number of amidine groups is 1. The molecule has 5 nitrogen and oxygen atoms in total. The summed E-state index contributed by atoms with van der Waals surface area (Å²) < 4.78 is 5.34. The molecule has 2 unspecified atom stereocenters. The third kappa shape index (κ3) is 1.52. The van der Waals surface area contributed by atoms with Gasteiger partial charge in [-0.3, -0.25) is 0 Å². The van der Waals surface area contributed by atoms with Crippen molar-refractivity contribution in [3.63, 3.8) is 0 Å². The summed E-state index contributed by atoms with van der Waals surface area (Å²) in [7, 11) is 0. The van der Waals surface area contributed by atoms with Gasteiger partial charge in [-0.05, 0) is 6.20 Å². The molecule has 0 aromatic rings. The van der Waals surface area contributed by atoms with E-state index in [9.17, 15) is 0 Å². The number of aliphatic imine (C=N–C) groups is 2. The van der Waals surface area contributed by atoms with E-state index in [-0.39, 0.29) is 6.17 Å². The summed E-state index contributed by atoms with van der Waals surface area (Å²) in [6.45, 7) is 3.46. The number of fused-ring (bicyclic) bond motifs is 1. The molecule has 1 saturated heterocycles. The Morgan fingerprint density at radius 3 is 3.13 bits per heavy atom. The van der Waals surface area contributed by atoms with Crippen LogP contribution < -0.4 is 5.32 Å². The molecule has 3 aliphatic rings. The van der Waals surface area contributed by atoms with Crippen molar-refractivity contribution in [1.29, 1.82) is 0 Å². The smallest absolute Gasteiger partial charge is 0.133 e. The highest BCUT2D eigenvalue weighted by atomic mass is 16.5. The number of ether oxygens (including phenoxy) is 1. The maximum absolute atomic E-state index is 5.34. The van der Waals surface area contributed by atoms with Gasteiger partial charge in [-0.1, -0.05) is 6.08 Å². The van der Waals surface area contributed by atoms with Crippen LogP contribution in [0.3, 0.4) is 0 Å². The molecule has 15 heavy (non-hydrogen) atoms. The molecule has 0 amide bonds. The van der Waals surface area contributed by atoms with Crippen LogP contribution in [0.4, 0.5) is 0 Å². The van der Waals surface area contributed by atoms with Crippen LogP contribution >= 0.6 is 0 Å². The van der Waals surface area contributed by atoms with E-state index in [1.807, 2.05) is 6.20 Å². The monoisotopic (exact) mass is 206 g/mol. The third-order valence-electron chi connectivity index (χ3n) is 2.96. The normalized spacial score (nSPS) is 33.6. The first-order valence-corrected chi connectivity index (χ1v) is 5.30. The van der Waals surface area contributed by atoms with Gasteiger partial charge in [0.05, 0.1) is 19.1 Å². The minimum atomic E-state index is 0.153. The maximum atomic E-state index is 5.34. The summed E-state index contributed by atoms with van der Waals surface area (Å²) in [4.78, 5) is 11.0. The molecule has 0 aromatic carbocycles. The second-order valence-corrected chi connectivity index (χ2v) is 3.85.